The molecule has 4 heteroatoms. The summed E-state index contributed by atoms with van der Waals surface area (Å²) in [5, 5.41) is 9.26. The molecule has 0 aliphatic heterocycles. The molecule has 0 unspecified atom stereocenters. The predicted octanol–water partition coefficient (Wildman–Crippen LogP) is 3.63. The molecular formula is C15H22O3S. The lowest BCUT2D eigenvalue weighted by Crippen LogP contribution is -2.26. The Balaban J connectivity index is 3.23. The average Bonchev–Trinajstić information content (AvgIpc) is 2.37. The first-order valence-corrected chi connectivity index (χ1v) is 7.55. The van der Waals surface area contributed by atoms with Crippen LogP contribution in [0.15, 0.2) is 17.0 Å². The van der Waals surface area contributed by atoms with Gasteiger partial charge < -0.3 is 9.84 Å². The van der Waals surface area contributed by atoms with E-state index in [0.29, 0.717) is 6.42 Å². The highest BCUT2D eigenvalue weighted by Gasteiger charge is 2.28. The predicted molar refractivity (Wildman–Crippen MR) is 79.3 cm³/mol. The first-order valence-electron chi connectivity index (χ1n) is 6.32. The van der Waals surface area contributed by atoms with E-state index in [2.05, 4.69) is 13.0 Å². The molecule has 0 radical (unpaired) electrons. The van der Waals surface area contributed by atoms with E-state index < -0.39 is 11.4 Å². The molecule has 0 saturated heterocycles. The summed E-state index contributed by atoms with van der Waals surface area (Å²) in [5.41, 5.74) is 1.42. The fourth-order valence-corrected chi connectivity index (χ4v) is 2.64. The van der Waals surface area contributed by atoms with E-state index in [1.54, 1.807) is 32.7 Å². The number of hydrogen-bond donors (Lipinski definition) is 1. The van der Waals surface area contributed by atoms with Crippen LogP contribution in [-0.4, -0.2) is 24.4 Å². The molecule has 0 aromatic heterocycles. The van der Waals surface area contributed by atoms with E-state index in [1.165, 1.54) is 0 Å². The topological polar surface area (TPSA) is 46.5 Å². The van der Waals surface area contributed by atoms with Crippen molar-refractivity contribution >= 4 is 17.7 Å². The van der Waals surface area contributed by atoms with Gasteiger partial charge in [-0.1, -0.05) is 6.92 Å². The smallest absolute Gasteiger partial charge is 0.309 e. The molecule has 0 heterocycles. The average molecular weight is 282 g/mol. The third-order valence-corrected chi connectivity index (χ3v) is 4.10. The Morgan fingerprint density at radius 2 is 2.00 bits per heavy atom. The van der Waals surface area contributed by atoms with Gasteiger partial charge in [-0.05, 0) is 56.2 Å². The molecule has 19 heavy (non-hydrogen) atoms. The summed E-state index contributed by atoms with van der Waals surface area (Å²) in [6.07, 6.45) is 3.41. The van der Waals surface area contributed by atoms with E-state index in [4.69, 9.17) is 4.74 Å². The van der Waals surface area contributed by atoms with Gasteiger partial charge in [0.15, 0.2) is 0 Å². The van der Waals surface area contributed by atoms with Gasteiger partial charge in [-0.2, -0.15) is 0 Å². The van der Waals surface area contributed by atoms with Crippen LogP contribution in [0.3, 0.4) is 0 Å². The summed E-state index contributed by atoms with van der Waals surface area (Å²) in [4.78, 5) is 12.4. The standard InChI is InChI=1S/C15H22O3S/c1-6-10-8-13(19-5)11(7-12(10)18-4)9-15(2,3)14(16)17/h7-8H,6,9H2,1-5H3,(H,16,17). The highest BCUT2D eigenvalue weighted by molar-refractivity contribution is 7.98. The molecule has 0 aliphatic rings. The number of ether oxygens (including phenoxy) is 1. The normalized spacial score (nSPS) is 11.4. The summed E-state index contributed by atoms with van der Waals surface area (Å²) >= 11 is 1.65. The van der Waals surface area contributed by atoms with E-state index in [1.807, 2.05) is 12.3 Å². The van der Waals surface area contributed by atoms with Gasteiger partial charge in [0, 0.05) is 4.90 Å². The van der Waals surface area contributed by atoms with Gasteiger partial charge >= 0.3 is 5.97 Å². The largest absolute Gasteiger partial charge is 0.496 e. The van der Waals surface area contributed by atoms with Crippen molar-refractivity contribution < 1.29 is 14.6 Å². The number of methoxy groups -OCH3 is 1. The number of carbonyl (C=O) groups is 1. The number of carboxylic acid groups (broad SMARTS) is 1. The van der Waals surface area contributed by atoms with Gasteiger partial charge in [0.25, 0.3) is 0 Å². The lowest BCUT2D eigenvalue weighted by Gasteiger charge is -2.22. The van der Waals surface area contributed by atoms with E-state index in [-0.39, 0.29) is 0 Å². The summed E-state index contributed by atoms with van der Waals surface area (Å²) in [5.74, 6) is 0.0644. The molecular weight excluding hydrogens is 260 g/mol. The van der Waals surface area contributed by atoms with Crippen molar-refractivity contribution in [3.05, 3.63) is 23.3 Å². The maximum atomic E-state index is 11.3. The Morgan fingerprint density at radius 3 is 2.42 bits per heavy atom. The van der Waals surface area contributed by atoms with Crippen LogP contribution in [0.25, 0.3) is 0 Å². The molecule has 1 N–H and O–H groups in total. The minimum atomic E-state index is -0.780. The molecule has 0 spiro atoms. The zero-order chi connectivity index (χ0) is 14.6. The van der Waals surface area contributed by atoms with Crippen molar-refractivity contribution in [2.24, 2.45) is 5.41 Å². The van der Waals surface area contributed by atoms with Gasteiger partial charge in [0.2, 0.25) is 0 Å². The lowest BCUT2D eigenvalue weighted by molar-refractivity contribution is -0.146. The van der Waals surface area contributed by atoms with Crippen molar-refractivity contribution in [1.29, 1.82) is 0 Å². The molecule has 0 amide bonds. The van der Waals surface area contributed by atoms with Crippen molar-refractivity contribution in [3.8, 4) is 5.75 Å². The third-order valence-electron chi connectivity index (χ3n) is 3.28. The number of aliphatic carboxylic acids is 1. The summed E-state index contributed by atoms with van der Waals surface area (Å²) in [7, 11) is 1.65. The first kappa shape index (κ1) is 15.9. The molecule has 3 nitrogen and oxygen atoms in total. The molecule has 1 aromatic carbocycles. The van der Waals surface area contributed by atoms with Crippen molar-refractivity contribution in [1.82, 2.24) is 0 Å². The van der Waals surface area contributed by atoms with Crippen molar-refractivity contribution in [2.45, 2.75) is 38.5 Å². The molecule has 0 atom stereocenters. The number of hydrogen-bond acceptors (Lipinski definition) is 3. The molecule has 1 rings (SSSR count). The highest BCUT2D eigenvalue weighted by atomic mass is 32.2. The Hall–Kier alpha value is -1.16. The molecule has 0 saturated carbocycles. The quantitative estimate of drug-likeness (QED) is 0.809. The Kier molecular flexibility index (Phi) is 5.29. The van der Waals surface area contributed by atoms with Crippen molar-refractivity contribution in [3.63, 3.8) is 0 Å². The van der Waals surface area contributed by atoms with Crippen LogP contribution in [0.1, 0.15) is 31.9 Å². The van der Waals surface area contributed by atoms with Gasteiger partial charge in [-0.25, -0.2) is 0 Å². The number of benzene rings is 1. The molecule has 106 valence electrons. The van der Waals surface area contributed by atoms with Crippen molar-refractivity contribution in [2.75, 3.05) is 13.4 Å². The molecule has 0 aliphatic carbocycles. The van der Waals surface area contributed by atoms with Crippen LogP contribution < -0.4 is 4.74 Å². The fraction of sp³-hybridized carbons (Fsp3) is 0.533. The molecule has 1 aromatic rings. The maximum absolute atomic E-state index is 11.3. The summed E-state index contributed by atoms with van der Waals surface area (Å²) in [6.45, 7) is 5.59. The number of aryl methyl sites for hydroxylation is 1. The van der Waals surface area contributed by atoms with Crippen LogP contribution in [0.2, 0.25) is 0 Å². The second-order valence-corrected chi connectivity index (χ2v) is 6.04. The monoisotopic (exact) mass is 282 g/mol. The maximum Gasteiger partial charge on any atom is 0.309 e. The zero-order valence-corrected chi connectivity index (χ0v) is 13.1. The van der Waals surface area contributed by atoms with Crippen LogP contribution in [0.4, 0.5) is 0 Å². The highest BCUT2D eigenvalue weighted by Crippen LogP contribution is 2.33. The fourth-order valence-electron chi connectivity index (χ4n) is 1.99. The van der Waals surface area contributed by atoms with Crippen LogP contribution in [-0.2, 0) is 17.6 Å². The van der Waals surface area contributed by atoms with Crippen LogP contribution >= 0.6 is 11.8 Å². The minimum Gasteiger partial charge on any atom is -0.496 e. The Labute approximate surface area is 119 Å². The van der Waals surface area contributed by atoms with Gasteiger partial charge in [0.1, 0.15) is 5.75 Å². The van der Waals surface area contributed by atoms with E-state index >= 15 is 0 Å². The second kappa shape index (κ2) is 6.33. The number of thioether (sulfide) groups is 1. The molecule has 0 bridgehead atoms. The first-order chi connectivity index (χ1) is 8.85. The zero-order valence-electron chi connectivity index (χ0n) is 12.2. The van der Waals surface area contributed by atoms with Gasteiger partial charge in [-0.15, -0.1) is 11.8 Å². The number of rotatable bonds is 6. The summed E-state index contributed by atoms with van der Waals surface area (Å²) in [6, 6.07) is 4.09. The van der Waals surface area contributed by atoms with Gasteiger partial charge in [-0.3, -0.25) is 4.79 Å². The molecule has 0 fully saturated rings. The number of carboxylic acids is 1. The van der Waals surface area contributed by atoms with Crippen LogP contribution in [0, 0.1) is 5.41 Å². The van der Waals surface area contributed by atoms with E-state index in [9.17, 15) is 9.90 Å². The van der Waals surface area contributed by atoms with Crippen LogP contribution in [0.5, 0.6) is 5.75 Å². The summed E-state index contributed by atoms with van der Waals surface area (Å²) < 4.78 is 5.39. The minimum absolute atomic E-state index is 0.499. The second-order valence-electron chi connectivity index (χ2n) is 5.20. The Morgan fingerprint density at radius 1 is 1.37 bits per heavy atom. The lowest BCUT2D eigenvalue weighted by atomic mass is 9.85. The SMILES string of the molecule is CCc1cc(SC)c(CC(C)(C)C(=O)O)cc1OC. The van der Waals surface area contributed by atoms with E-state index in [0.717, 1.165) is 28.2 Å². The Bertz CT molecular complexity index is 467. The van der Waals surface area contributed by atoms with Gasteiger partial charge in [0.05, 0.1) is 12.5 Å². The third kappa shape index (κ3) is 3.66.